The molecule has 0 bridgehead atoms. The number of nitrogens with zero attached hydrogens (tertiary/aromatic N) is 3. The van der Waals surface area contributed by atoms with Crippen LogP contribution >= 0.6 is 11.6 Å². The van der Waals surface area contributed by atoms with Gasteiger partial charge in [-0.3, -0.25) is 9.48 Å². The van der Waals surface area contributed by atoms with Crippen LogP contribution in [0.2, 0.25) is 5.02 Å². The lowest BCUT2D eigenvalue weighted by molar-refractivity contribution is -0.136. The lowest BCUT2D eigenvalue weighted by atomic mass is 9.95. The molecule has 22 heavy (non-hydrogen) atoms. The molecule has 1 atom stereocenters. The first-order valence-corrected chi connectivity index (χ1v) is 6.79. The Morgan fingerprint density at radius 1 is 1.59 bits per heavy atom. The lowest BCUT2D eigenvalue weighted by Crippen LogP contribution is -2.40. The summed E-state index contributed by atoms with van der Waals surface area (Å²) < 4.78 is 14.0. The molecule has 0 fully saturated rings. The summed E-state index contributed by atoms with van der Waals surface area (Å²) >= 11 is 5.92. The number of halogens is 2. The third-order valence-electron chi connectivity index (χ3n) is 3.17. The van der Waals surface area contributed by atoms with Crippen molar-refractivity contribution in [2.45, 2.75) is 25.5 Å². The molecule has 114 valence electrons. The second kappa shape index (κ2) is 6.26. The minimum Gasteiger partial charge on any atom is -0.380 e. The fourth-order valence-corrected chi connectivity index (χ4v) is 2.20. The van der Waals surface area contributed by atoms with Crippen LogP contribution in [0.5, 0.6) is 0 Å². The molecule has 0 unspecified atom stereocenters. The first-order chi connectivity index (χ1) is 10.3. The molecule has 0 radical (unpaired) electrons. The third kappa shape index (κ3) is 3.70. The summed E-state index contributed by atoms with van der Waals surface area (Å²) in [5.74, 6) is -0.986. The van der Waals surface area contributed by atoms with E-state index in [1.165, 1.54) is 23.7 Å². The van der Waals surface area contributed by atoms with E-state index in [9.17, 15) is 14.3 Å². The predicted molar refractivity (Wildman–Crippen MR) is 79.2 cm³/mol. The van der Waals surface area contributed by atoms with Gasteiger partial charge in [0.2, 0.25) is 5.69 Å². The van der Waals surface area contributed by atoms with E-state index in [2.05, 4.69) is 9.94 Å². The van der Waals surface area contributed by atoms with Crippen molar-refractivity contribution in [2.24, 2.45) is 0 Å². The van der Waals surface area contributed by atoms with Gasteiger partial charge in [0.05, 0.1) is 25.5 Å². The van der Waals surface area contributed by atoms with Crippen molar-refractivity contribution in [1.82, 2.24) is 9.78 Å². The van der Waals surface area contributed by atoms with Gasteiger partial charge in [0.1, 0.15) is 5.60 Å². The van der Waals surface area contributed by atoms with Crippen molar-refractivity contribution in [3.05, 3.63) is 58.4 Å². The number of aliphatic hydroxyl groups is 1. The summed E-state index contributed by atoms with van der Waals surface area (Å²) in [5.41, 5.74) is -0.797. The van der Waals surface area contributed by atoms with Crippen LogP contribution in [-0.4, -0.2) is 26.3 Å². The number of benzene rings is 1. The molecule has 0 spiro atoms. The Morgan fingerprint density at radius 3 is 2.86 bits per heavy atom. The molecule has 0 amide bonds. The van der Waals surface area contributed by atoms with Gasteiger partial charge in [-0.15, -0.1) is 0 Å². The van der Waals surface area contributed by atoms with Crippen LogP contribution in [0, 0.1) is 12.4 Å². The molecule has 5 nitrogen and oxygen atoms in total. The Bertz CT molecular complexity index is 749. The van der Waals surface area contributed by atoms with Gasteiger partial charge >= 0.3 is 0 Å². The highest BCUT2D eigenvalue weighted by molar-refractivity contribution is 6.33. The average Bonchev–Trinajstić information content (AvgIpc) is 2.83. The van der Waals surface area contributed by atoms with Crippen molar-refractivity contribution in [2.75, 3.05) is 0 Å². The van der Waals surface area contributed by atoms with Crippen LogP contribution in [0.1, 0.15) is 12.5 Å². The number of rotatable bonds is 5. The standard InChI is InChI=1S/C15H13ClFN3O2/c1-15(22,9-20-8-11(17)7-19-20)14(21)6-10-3-4-13(18-2)12(16)5-10/h3-5,7-8,22H,6,9H2,1H3/t15-/m0/s1. The Hall–Kier alpha value is -2.23. The van der Waals surface area contributed by atoms with E-state index in [1.54, 1.807) is 6.07 Å². The molecule has 2 aromatic rings. The van der Waals surface area contributed by atoms with Crippen molar-refractivity contribution >= 4 is 23.1 Å². The number of carbonyl (C=O) groups excluding carboxylic acids is 1. The van der Waals surface area contributed by atoms with E-state index < -0.39 is 17.2 Å². The van der Waals surface area contributed by atoms with E-state index in [4.69, 9.17) is 18.2 Å². The zero-order valence-electron chi connectivity index (χ0n) is 11.8. The summed E-state index contributed by atoms with van der Waals surface area (Å²) in [6, 6.07) is 4.66. The van der Waals surface area contributed by atoms with Gasteiger partial charge < -0.3 is 5.11 Å². The highest BCUT2D eigenvalue weighted by atomic mass is 35.5. The van der Waals surface area contributed by atoms with Crippen molar-refractivity contribution in [3.63, 3.8) is 0 Å². The summed E-state index contributed by atoms with van der Waals surface area (Å²) in [7, 11) is 0. The topological polar surface area (TPSA) is 59.5 Å². The van der Waals surface area contributed by atoms with E-state index >= 15 is 0 Å². The molecule has 7 heteroatoms. The highest BCUT2D eigenvalue weighted by Gasteiger charge is 2.31. The Labute approximate surface area is 131 Å². The summed E-state index contributed by atoms with van der Waals surface area (Å²) in [4.78, 5) is 15.5. The van der Waals surface area contributed by atoms with Gasteiger partial charge in [-0.05, 0) is 12.5 Å². The van der Waals surface area contributed by atoms with E-state index in [1.807, 2.05) is 0 Å². The monoisotopic (exact) mass is 321 g/mol. The average molecular weight is 322 g/mol. The predicted octanol–water partition coefficient (Wildman–Crippen LogP) is 2.79. The molecule has 0 saturated heterocycles. The van der Waals surface area contributed by atoms with Gasteiger partial charge in [0, 0.05) is 11.4 Å². The zero-order valence-corrected chi connectivity index (χ0v) is 12.5. The number of ketones is 1. The highest BCUT2D eigenvalue weighted by Crippen LogP contribution is 2.26. The van der Waals surface area contributed by atoms with Gasteiger partial charge in [0.15, 0.2) is 11.6 Å². The fraction of sp³-hybridized carbons (Fsp3) is 0.267. The van der Waals surface area contributed by atoms with Crippen LogP contribution in [0.15, 0.2) is 30.6 Å². The SMILES string of the molecule is [C-]#[N+]c1ccc(CC(=O)[C@@](C)(O)Cn2cc(F)cn2)cc1Cl. The van der Waals surface area contributed by atoms with Gasteiger partial charge in [-0.2, -0.15) is 5.10 Å². The number of carbonyl (C=O) groups is 1. The molecule has 1 aromatic heterocycles. The van der Waals surface area contributed by atoms with Crippen LogP contribution < -0.4 is 0 Å². The summed E-state index contributed by atoms with van der Waals surface area (Å²) in [6.45, 7) is 8.12. The molecule has 1 N–H and O–H groups in total. The Balaban J connectivity index is 2.10. The quantitative estimate of drug-likeness (QED) is 0.861. The van der Waals surface area contributed by atoms with E-state index in [0.29, 0.717) is 11.3 Å². The van der Waals surface area contributed by atoms with Crippen LogP contribution in [0.4, 0.5) is 10.1 Å². The first kappa shape index (κ1) is 16.1. The van der Waals surface area contributed by atoms with E-state index in [-0.39, 0.29) is 18.0 Å². The van der Waals surface area contributed by atoms with Gasteiger partial charge in [0.25, 0.3) is 0 Å². The summed E-state index contributed by atoms with van der Waals surface area (Å²) in [6.07, 6.45) is 2.06. The molecule has 1 aromatic carbocycles. The molecule has 0 saturated carbocycles. The molecule has 0 aliphatic rings. The van der Waals surface area contributed by atoms with Crippen LogP contribution in [-0.2, 0) is 17.8 Å². The Morgan fingerprint density at radius 2 is 2.32 bits per heavy atom. The minimum atomic E-state index is -1.69. The molecule has 2 rings (SSSR count). The van der Waals surface area contributed by atoms with Crippen molar-refractivity contribution in [1.29, 1.82) is 0 Å². The number of Topliss-reactive ketones (excluding diaryl/α,β-unsaturated/α-hetero) is 1. The molecular weight excluding hydrogens is 309 g/mol. The maximum absolute atomic E-state index is 12.9. The lowest BCUT2D eigenvalue weighted by Gasteiger charge is -2.21. The van der Waals surface area contributed by atoms with Crippen LogP contribution in [0.3, 0.4) is 0 Å². The van der Waals surface area contributed by atoms with Gasteiger partial charge in [-0.1, -0.05) is 29.8 Å². The molecular formula is C15H13ClFN3O2. The second-order valence-corrected chi connectivity index (χ2v) is 5.53. The molecule has 0 aliphatic carbocycles. The fourth-order valence-electron chi connectivity index (χ4n) is 1.96. The maximum atomic E-state index is 12.9. The third-order valence-corrected chi connectivity index (χ3v) is 3.47. The zero-order chi connectivity index (χ0) is 16.3. The number of hydrogen-bond acceptors (Lipinski definition) is 3. The maximum Gasteiger partial charge on any atom is 0.205 e. The summed E-state index contributed by atoms with van der Waals surface area (Å²) in [5, 5.41) is 14.2. The molecule has 0 aliphatic heterocycles. The van der Waals surface area contributed by atoms with Crippen LogP contribution in [0.25, 0.3) is 4.85 Å². The van der Waals surface area contributed by atoms with E-state index in [0.717, 1.165) is 12.4 Å². The van der Waals surface area contributed by atoms with Gasteiger partial charge in [-0.25, -0.2) is 9.24 Å². The minimum absolute atomic E-state index is 0.0469. The normalized spacial score (nSPS) is 13.4. The smallest absolute Gasteiger partial charge is 0.205 e. The number of aromatic nitrogens is 2. The van der Waals surface area contributed by atoms with Crippen molar-refractivity contribution in [3.8, 4) is 0 Å². The van der Waals surface area contributed by atoms with Crippen molar-refractivity contribution < 1.29 is 14.3 Å². The Kier molecular flexibility index (Phi) is 4.59. The number of hydrogen-bond donors (Lipinski definition) is 1. The second-order valence-electron chi connectivity index (χ2n) is 5.13. The first-order valence-electron chi connectivity index (χ1n) is 6.41. The molecule has 1 heterocycles. The largest absolute Gasteiger partial charge is 0.380 e.